The molecule has 16 heavy (non-hydrogen) atoms. The summed E-state index contributed by atoms with van der Waals surface area (Å²) in [6.07, 6.45) is 2.02. The third-order valence-corrected chi connectivity index (χ3v) is 2.76. The second kappa shape index (κ2) is 5.87. The average molecular weight is 226 g/mol. The Hall–Kier alpha value is -1.06. The quantitative estimate of drug-likeness (QED) is 0.659. The normalized spacial score (nSPS) is 17.5. The van der Waals surface area contributed by atoms with Crippen molar-refractivity contribution >= 4 is 11.8 Å². The van der Waals surface area contributed by atoms with Gasteiger partial charge in [-0.1, -0.05) is 27.2 Å². The van der Waals surface area contributed by atoms with Crippen LogP contribution in [-0.4, -0.2) is 47.8 Å². The van der Waals surface area contributed by atoms with Crippen molar-refractivity contribution in [3.05, 3.63) is 0 Å². The van der Waals surface area contributed by atoms with Gasteiger partial charge in [0.2, 0.25) is 0 Å². The molecule has 1 heterocycles. The highest BCUT2D eigenvalue weighted by molar-refractivity contribution is 6.35. The minimum absolute atomic E-state index is 0.319. The molecule has 1 fully saturated rings. The summed E-state index contributed by atoms with van der Waals surface area (Å²) in [7, 11) is 0. The summed E-state index contributed by atoms with van der Waals surface area (Å²) in [6.45, 7) is 8.98. The molecule has 0 unspecified atom stereocenters. The Labute approximate surface area is 97.6 Å². The maximum atomic E-state index is 11.8. The van der Waals surface area contributed by atoms with Crippen LogP contribution in [0, 0.1) is 5.92 Å². The first-order valence-corrected chi connectivity index (χ1v) is 6.14. The van der Waals surface area contributed by atoms with Gasteiger partial charge in [-0.3, -0.25) is 9.59 Å². The van der Waals surface area contributed by atoms with Crippen LogP contribution in [0.4, 0.5) is 0 Å². The summed E-state index contributed by atoms with van der Waals surface area (Å²) >= 11 is 0. The minimum Gasteiger partial charge on any atom is -0.333 e. The van der Waals surface area contributed by atoms with Gasteiger partial charge in [-0.05, 0) is 12.3 Å². The number of unbranched alkanes of at least 4 members (excludes halogenated alkanes) is 1. The largest absolute Gasteiger partial charge is 0.333 e. The van der Waals surface area contributed by atoms with Crippen molar-refractivity contribution < 1.29 is 9.59 Å². The molecule has 1 saturated heterocycles. The SMILES string of the molecule is CCCCN1CCN(CC(C)C)C(=O)C1=O. The van der Waals surface area contributed by atoms with E-state index in [0.717, 1.165) is 19.4 Å². The van der Waals surface area contributed by atoms with Crippen LogP contribution in [0.2, 0.25) is 0 Å². The van der Waals surface area contributed by atoms with E-state index >= 15 is 0 Å². The second-order valence-corrected chi connectivity index (χ2v) is 4.79. The first-order valence-electron chi connectivity index (χ1n) is 6.14. The van der Waals surface area contributed by atoms with Gasteiger partial charge in [0, 0.05) is 26.2 Å². The zero-order valence-corrected chi connectivity index (χ0v) is 10.5. The van der Waals surface area contributed by atoms with Gasteiger partial charge in [0.1, 0.15) is 0 Å². The Morgan fingerprint density at radius 2 is 1.69 bits per heavy atom. The fourth-order valence-electron chi connectivity index (χ4n) is 1.89. The molecule has 0 atom stereocenters. The van der Waals surface area contributed by atoms with Gasteiger partial charge in [0.15, 0.2) is 0 Å². The van der Waals surface area contributed by atoms with Crippen molar-refractivity contribution in [1.82, 2.24) is 9.80 Å². The van der Waals surface area contributed by atoms with Crippen molar-refractivity contribution in [1.29, 1.82) is 0 Å². The molecule has 0 aromatic carbocycles. The predicted octanol–water partition coefficient (Wildman–Crippen LogP) is 1.11. The van der Waals surface area contributed by atoms with Crippen molar-refractivity contribution in [3.8, 4) is 0 Å². The highest BCUT2D eigenvalue weighted by Crippen LogP contribution is 2.08. The Balaban J connectivity index is 2.51. The monoisotopic (exact) mass is 226 g/mol. The van der Waals surface area contributed by atoms with Crippen molar-refractivity contribution in [2.75, 3.05) is 26.2 Å². The van der Waals surface area contributed by atoms with E-state index in [-0.39, 0.29) is 11.8 Å². The van der Waals surface area contributed by atoms with E-state index in [2.05, 4.69) is 20.8 Å². The standard InChI is InChI=1S/C12H22N2O2/c1-4-5-6-13-7-8-14(9-10(2)3)12(16)11(13)15/h10H,4-9H2,1-3H3. The topological polar surface area (TPSA) is 40.6 Å². The van der Waals surface area contributed by atoms with Crippen LogP contribution in [0.5, 0.6) is 0 Å². The summed E-state index contributed by atoms with van der Waals surface area (Å²) in [5.41, 5.74) is 0. The van der Waals surface area contributed by atoms with E-state index < -0.39 is 0 Å². The number of carbonyl (C=O) groups is 2. The van der Waals surface area contributed by atoms with Gasteiger partial charge in [0.25, 0.3) is 0 Å². The van der Waals surface area contributed by atoms with Crippen molar-refractivity contribution in [2.45, 2.75) is 33.6 Å². The molecule has 92 valence electrons. The van der Waals surface area contributed by atoms with Gasteiger partial charge < -0.3 is 9.80 Å². The Morgan fingerprint density at radius 1 is 1.12 bits per heavy atom. The molecule has 0 aromatic heterocycles. The Kier molecular flexibility index (Phi) is 4.77. The zero-order chi connectivity index (χ0) is 12.1. The lowest BCUT2D eigenvalue weighted by molar-refractivity contribution is -0.156. The first-order chi connectivity index (χ1) is 7.56. The maximum absolute atomic E-state index is 11.8. The van der Waals surface area contributed by atoms with E-state index in [1.165, 1.54) is 0 Å². The van der Waals surface area contributed by atoms with Crippen molar-refractivity contribution in [3.63, 3.8) is 0 Å². The number of nitrogens with zero attached hydrogens (tertiary/aromatic N) is 2. The van der Waals surface area contributed by atoms with Crippen LogP contribution in [0.25, 0.3) is 0 Å². The summed E-state index contributed by atoms with van der Waals surface area (Å²) in [4.78, 5) is 26.9. The number of hydrogen-bond acceptors (Lipinski definition) is 2. The van der Waals surface area contributed by atoms with Crippen molar-refractivity contribution in [2.24, 2.45) is 5.92 Å². The van der Waals surface area contributed by atoms with E-state index in [0.29, 0.717) is 25.6 Å². The Morgan fingerprint density at radius 3 is 2.25 bits per heavy atom. The van der Waals surface area contributed by atoms with E-state index in [9.17, 15) is 9.59 Å². The minimum atomic E-state index is -0.323. The molecule has 0 N–H and O–H groups in total. The first kappa shape index (κ1) is 13.0. The molecule has 4 nitrogen and oxygen atoms in total. The lowest BCUT2D eigenvalue weighted by Crippen LogP contribution is -2.55. The maximum Gasteiger partial charge on any atom is 0.312 e. The van der Waals surface area contributed by atoms with E-state index in [1.54, 1.807) is 9.80 Å². The predicted molar refractivity (Wildman–Crippen MR) is 62.9 cm³/mol. The van der Waals surface area contributed by atoms with Gasteiger partial charge >= 0.3 is 11.8 Å². The zero-order valence-electron chi connectivity index (χ0n) is 10.5. The third kappa shape index (κ3) is 3.22. The molecule has 0 spiro atoms. The number of carbonyl (C=O) groups excluding carboxylic acids is 2. The Bertz CT molecular complexity index is 264. The molecule has 1 aliphatic rings. The highest BCUT2D eigenvalue weighted by Gasteiger charge is 2.31. The van der Waals surface area contributed by atoms with Gasteiger partial charge in [0.05, 0.1) is 0 Å². The highest BCUT2D eigenvalue weighted by atomic mass is 16.2. The molecule has 4 heteroatoms. The summed E-state index contributed by atoms with van der Waals surface area (Å²) in [5.74, 6) is -0.227. The lowest BCUT2D eigenvalue weighted by Gasteiger charge is -2.34. The molecule has 0 radical (unpaired) electrons. The number of amides is 2. The molecule has 0 saturated carbocycles. The lowest BCUT2D eigenvalue weighted by atomic mass is 10.1. The smallest absolute Gasteiger partial charge is 0.312 e. The molecule has 0 aromatic rings. The van der Waals surface area contributed by atoms with Gasteiger partial charge in [-0.25, -0.2) is 0 Å². The van der Waals surface area contributed by atoms with E-state index in [1.807, 2.05) is 0 Å². The van der Waals surface area contributed by atoms with Crippen LogP contribution in [0.1, 0.15) is 33.6 Å². The van der Waals surface area contributed by atoms with Gasteiger partial charge in [-0.2, -0.15) is 0 Å². The number of rotatable bonds is 5. The van der Waals surface area contributed by atoms with Crippen LogP contribution in [0.3, 0.4) is 0 Å². The molecule has 0 aliphatic carbocycles. The van der Waals surface area contributed by atoms with Gasteiger partial charge in [-0.15, -0.1) is 0 Å². The fraction of sp³-hybridized carbons (Fsp3) is 0.833. The second-order valence-electron chi connectivity index (χ2n) is 4.79. The van der Waals surface area contributed by atoms with Crippen LogP contribution in [0.15, 0.2) is 0 Å². The van der Waals surface area contributed by atoms with E-state index in [4.69, 9.17) is 0 Å². The molecular weight excluding hydrogens is 204 g/mol. The van der Waals surface area contributed by atoms with Crippen LogP contribution < -0.4 is 0 Å². The van der Waals surface area contributed by atoms with Crippen LogP contribution in [-0.2, 0) is 9.59 Å². The molecule has 0 bridgehead atoms. The number of hydrogen-bond donors (Lipinski definition) is 0. The average Bonchev–Trinajstić information content (AvgIpc) is 2.23. The summed E-state index contributed by atoms with van der Waals surface area (Å²) < 4.78 is 0. The third-order valence-electron chi connectivity index (χ3n) is 2.76. The van der Waals surface area contributed by atoms with Crippen LogP contribution >= 0.6 is 0 Å². The molecular formula is C12H22N2O2. The molecule has 1 aliphatic heterocycles. The number of piperazine rings is 1. The fourth-order valence-corrected chi connectivity index (χ4v) is 1.89. The summed E-state index contributed by atoms with van der Waals surface area (Å²) in [6, 6.07) is 0. The molecule has 1 rings (SSSR count). The molecule has 2 amide bonds. The summed E-state index contributed by atoms with van der Waals surface area (Å²) in [5, 5.41) is 0.